The lowest BCUT2D eigenvalue weighted by atomic mass is 10.0. The molecule has 0 aliphatic heterocycles. The van der Waals surface area contributed by atoms with Crippen molar-refractivity contribution in [3.8, 4) is 0 Å². The van der Waals surface area contributed by atoms with Crippen LogP contribution in [0.25, 0.3) is 0 Å². The van der Waals surface area contributed by atoms with Crippen LogP contribution in [0.2, 0.25) is 5.02 Å². The van der Waals surface area contributed by atoms with Gasteiger partial charge in [-0.3, -0.25) is 9.59 Å². The first-order valence-electron chi connectivity index (χ1n) is 11.9. The molecule has 0 aliphatic rings. The van der Waals surface area contributed by atoms with Crippen LogP contribution < -0.4 is 5.32 Å². The fraction of sp³-hybridized carbons (Fsp3) is 0.310. The van der Waals surface area contributed by atoms with Crippen LogP contribution in [0.4, 0.5) is 0 Å². The van der Waals surface area contributed by atoms with Gasteiger partial charge in [-0.2, -0.15) is 0 Å². The molecule has 0 aliphatic carbocycles. The molecule has 0 saturated heterocycles. The van der Waals surface area contributed by atoms with Crippen LogP contribution >= 0.6 is 11.6 Å². The molecule has 2 amide bonds. The third-order valence-electron chi connectivity index (χ3n) is 5.87. The Morgan fingerprint density at radius 2 is 1.59 bits per heavy atom. The number of rotatable bonds is 11. The zero-order valence-corrected chi connectivity index (χ0v) is 20.7. The highest BCUT2D eigenvalue weighted by Crippen LogP contribution is 2.21. The molecule has 0 spiro atoms. The van der Waals surface area contributed by atoms with E-state index in [2.05, 4.69) is 29.6 Å². The van der Waals surface area contributed by atoms with Gasteiger partial charge in [-0.15, -0.1) is 0 Å². The van der Waals surface area contributed by atoms with Crippen LogP contribution in [-0.4, -0.2) is 29.3 Å². The molecule has 5 heteroatoms. The van der Waals surface area contributed by atoms with E-state index in [9.17, 15) is 9.59 Å². The smallest absolute Gasteiger partial charge is 0.243 e. The third kappa shape index (κ3) is 7.46. The zero-order chi connectivity index (χ0) is 24.3. The number of carbonyl (C=O) groups is 2. The molecule has 0 fully saturated rings. The van der Waals surface area contributed by atoms with Gasteiger partial charge in [0.1, 0.15) is 6.04 Å². The predicted octanol–water partition coefficient (Wildman–Crippen LogP) is 5.75. The maximum absolute atomic E-state index is 13.6. The highest BCUT2D eigenvalue weighted by molar-refractivity contribution is 6.31. The Kier molecular flexibility index (Phi) is 9.72. The maximum atomic E-state index is 13.6. The summed E-state index contributed by atoms with van der Waals surface area (Å²) in [7, 11) is 0. The summed E-state index contributed by atoms with van der Waals surface area (Å²) in [4.78, 5) is 28.6. The second kappa shape index (κ2) is 13.0. The van der Waals surface area contributed by atoms with Crippen molar-refractivity contribution >= 4 is 23.4 Å². The highest BCUT2D eigenvalue weighted by Gasteiger charge is 2.30. The minimum atomic E-state index is -0.629. The van der Waals surface area contributed by atoms with Crippen LogP contribution in [0, 0.1) is 6.92 Å². The molecule has 0 radical (unpaired) electrons. The van der Waals surface area contributed by atoms with Gasteiger partial charge < -0.3 is 10.2 Å². The van der Waals surface area contributed by atoms with E-state index in [0.29, 0.717) is 30.8 Å². The van der Waals surface area contributed by atoms with E-state index in [4.69, 9.17) is 11.6 Å². The fourth-order valence-electron chi connectivity index (χ4n) is 3.88. The summed E-state index contributed by atoms with van der Waals surface area (Å²) >= 11 is 6.45. The average Bonchev–Trinajstić information content (AvgIpc) is 2.85. The van der Waals surface area contributed by atoms with Crippen LogP contribution in [0.3, 0.4) is 0 Å². The minimum Gasteiger partial charge on any atom is -0.354 e. The van der Waals surface area contributed by atoms with Crippen molar-refractivity contribution in [2.45, 2.75) is 52.1 Å². The molecule has 0 heterocycles. The largest absolute Gasteiger partial charge is 0.354 e. The molecule has 3 aromatic carbocycles. The van der Waals surface area contributed by atoms with Crippen LogP contribution in [-0.2, 0) is 29.0 Å². The number of carbonyl (C=O) groups excluding carboxylic acids is 2. The molecule has 0 aromatic heterocycles. The molecular weight excluding hydrogens is 444 g/mol. The van der Waals surface area contributed by atoms with Gasteiger partial charge in [0.25, 0.3) is 0 Å². The van der Waals surface area contributed by atoms with Crippen molar-refractivity contribution in [2.24, 2.45) is 0 Å². The van der Waals surface area contributed by atoms with E-state index >= 15 is 0 Å². The number of aryl methyl sites for hydroxylation is 2. The van der Waals surface area contributed by atoms with Gasteiger partial charge >= 0.3 is 0 Å². The Labute approximate surface area is 207 Å². The van der Waals surface area contributed by atoms with E-state index in [0.717, 1.165) is 23.1 Å². The summed E-state index contributed by atoms with van der Waals surface area (Å²) in [6.45, 7) is 4.91. The molecular formula is C29H33ClN2O2. The molecule has 34 heavy (non-hydrogen) atoms. The molecule has 0 bridgehead atoms. The first kappa shape index (κ1) is 25.5. The Morgan fingerprint density at radius 3 is 2.26 bits per heavy atom. The molecule has 4 nitrogen and oxygen atoms in total. The molecule has 3 rings (SSSR count). The number of halogens is 1. The lowest BCUT2D eigenvalue weighted by Crippen LogP contribution is -2.50. The molecule has 0 saturated carbocycles. The second-order valence-corrected chi connectivity index (χ2v) is 9.00. The Morgan fingerprint density at radius 1 is 0.912 bits per heavy atom. The number of benzene rings is 3. The number of hydrogen-bond donors (Lipinski definition) is 1. The molecule has 3 aromatic rings. The van der Waals surface area contributed by atoms with Gasteiger partial charge in [-0.25, -0.2) is 0 Å². The standard InChI is InChI=1S/C29H33ClN2O2/c1-3-19-31-29(34)27(20-24-9-5-4-6-10-24)32(21-25-11-7-8-12-26(25)30)28(33)18-17-23-15-13-22(2)14-16-23/h4-16,27H,3,17-21H2,1-2H3,(H,31,34)/t27-/m1/s1. The summed E-state index contributed by atoms with van der Waals surface area (Å²) in [5.41, 5.74) is 4.13. The number of nitrogens with zero attached hydrogens (tertiary/aromatic N) is 1. The number of hydrogen-bond acceptors (Lipinski definition) is 2. The summed E-state index contributed by atoms with van der Waals surface area (Å²) in [5.74, 6) is -0.200. The average molecular weight is 477 g/mol. The van der Waals surface area contributed by atoms with Crippen LogP contribution in [0.5, 0.6) is 0 Å². The van der Waals surface area contributed by atoms with Crippen molar-refractivity contribution < 1.29 is 9.59 Å². The number of nitrogens with one attached hydrogen (secondary N) is 1. The zero-order valence-electron chi connectivity index (χ0n) is 20.0. The van der Waals surface area contributed by atoms with E-state index in [1.54, 1.807) is 4.90 Å². The first-order chi connectivity index (χ1) is 16.5. The van der Waals surface area contributed by atoms with Crippen molar-refractivity contribution in [3.63, 3.8) is 0 Å². The molecule has 0 unspecified atom stereocenters. The van der Waals surface area contributed by atoms with Gasteiger partial charge in [0.15, 0.2) is 0 Å². The van der Waals surface area contributed by atoms with Gasteiger partial charge in [-0.1, -0.05) is 96.9 Å². The molecule has 1 atom stereocenters. The maximum Gasteiger partial charge on any atom is 0.243 e. The summed E-state index contributed by atoms with van der Waals surface area (Å²) in [6.07, 6.45) is 2.21. The SMILES string of the molecule is CCCNC(=O)[C@@H](Cc1ccccc1)N(Cc1ccccc1Cl)C(=O)CCc1ccc(C)cc1. The molecule has 1 N–H and O–H groups in total. The van der Waals surface area contributed by atoms with Crippen molar-refractivity contribution in [3.05, 3.63) is 106 Å². The van der Waals surface area contributed by atoms with Crippen LogP contribution in [0.15, 0.2) is 78.9 Å². The van der Waals surface area contributed by atoms with E-state index in [1.165, 1.54) is 5.56 Å². The van der Waals surface area contributed by atoms with E-state index in [1.807, 2.05) is 68.4 Å². The van der Waals surface area contributed by atoms with E-state index < -0.39 is 6.04 Å². The normalized spacial score (nSPS) is 11.6. The summed E-state index contributed by atoms with van der Waals surface area (Å²) in [6, 6.07) is 24.9. The summed E-state index contributed by atoms with van der Waals surface area (Å²) in [5, 5.41) is 3.59. The quantitative estimate of drug-likeness (QED) is 0.383. The first-order valence-corrected chi connectivity index (χ1v) is 12.3. The lowest BCUT2D eigenvalue weighted by molar-refractivity contribution is -0.141. The highest BCUT2D eigenvalue weighted by atomic mass is 35.5. The Balaban J connectivity index is 1.89. The van der Waals surface area contributed by atoms with Gasteiger partial charge in [0.05, 0.1) is 0 Å². The van der Waals surface area contributed by atoms with E-state index in [-0.39, 0.29) is 18.4 Å². The van der Waals surface area contributed by atoms with Gasteiger partial charge in [0, 0.05) is 31.0 Å². The second-order valence-electron chi connectivity index (χ2n) is 8.60. The topological polar surface area (TPSA) is 49.4 Å². The predicted molar refractivity (Wildman–Crippen MR) is 139 cm³/mol. The summed E-state index contributed by atoms with van der Waals surface area (Å²) < 4.78 is 0. The Hall–Kier alpha value is -3.11. The lowest BCUT2D eigenvalue weighted by Gasteiger charge is -2.32. The third-order valence-corrected chi connectivity index (χ3v) is 6.24. The number of amides is 2. The van der Waals surface area contributed by atoms with Crippen molar-refractivity contribution in [2.75, 3.05) is 6.54 Å². The van der Waals surface area contributed by atoms with Crippen molar-refractivity contribution in [1.29, 1.82) is 0 Å². The Bertz CT molecular complexity index is 1070. The fourth-order valence-corrected chi connectivity index (χ4v) is 4.08. The monoisotopic (exact) mass is 476 g/mol. The minimum absolute atomic E-state index is 0.0620. The van der Waals surface area contributed by atoms with Crippen LogP contribution in [0.1, 0.15) is 42.0 Å². The van der Waals surface area contributed by atoms with Gasteiger partial charge in [-0.05, 0) is 42.5 Å². The van der Waals surface area contributed by atoms with Gasteiger partial charge in [0.2, 0.25) is 11.8 Å². The molecule has 178 valence electrons. The van der Waals surface area contributed by atoms with Crippen molar-refractivity contribution in [1.82, 2.24) is 10.2 Å².